The Kier molecular flexibility index (Phi) is 6.56. The molecule has 0 radical (unpaired) electrons. The molecule has 0 saturated heterocycles. The molecule has 0 atom stereocenters. The molecule has 3 heteroatoms. The summed E-state index contributed by atoms with van der Waals surface area (Å²) >= 11 is 0. The molecule has 1 amide bonds. The standard InChI is InChI=1S/C14H28N2O/c1-4-11(5-2)14(17)16-13-9-7-12(8-10-13)15-6-3/h11-13,15H,4-10H2,1-3H3,(H,16,17). The molecule has 1 fully saturated rings. The molecule has 0 unspecified atom stereocenters. The third-order valence-electron chi connectivity index (χ3n) is 3.92. The van der Waals surface area contributed by atoms with E-state index >= 15 is 0 Å². The summed E-state index contributed by atoms with van der Waals surface area (Å²) in [7, 11) is 0. The van der Waals surface area contributed by atoms with Crippen LogP contribution in [0.25, 0.3) is 0 Å². The second-order valence-electron chi connectivity index (χ2n) is 5.13. The van der Waals surface area contributed by atoms with E-state index in [9.17, 15) is 4.79 Å². The lowest BCUT2D eigenvalue weighted by Gasteiger charge is -2.30. The van der Waals surface area contributed by atoms with Gasteiger partial charge in [-0.25, -0.2) is 0 Å². The van der Waals surface area contributed by atoms with Crippen LogP contribution in [0.2, 0.25) is 0 Å². The quantitative estimate of drug-likeness (QED) is 0.749. The van der Waals surface area contributed by atoms with E-state index in [0.29, 0.717) is 12.1 Å². The second-order valence-corrected chi connectivity index (χ2v) is 5.13. The molecule has 0 aromatic rings. The van der Waals surface area contributed by atoms with Crippen LogP contribution in [0.5, 0.6) is 0 Å². The lowest BCUT2D eigenvalue weighted by atomic mass is 9.90. The Labute approximate surface area is 106 Å². The SMILES string of the molecule is CCNC1CCC(NC(=O)C(CC)CC)CC1. The molecule has 1 aliphatic rings. The van der Waals surface area contributed by atoms with Crippen molar-refractivity contribution in [1.82, 2.24) is 10.6 Å². The van der Waals surface area contributed by atoms with Crippen molar-refractivity contribution in [2.24, 2.45) is 5.92 Å². The molecule has 17 heavy (non-hydrogen) atoms. The van der Waals surface area contributed by atoms with Crippen molar-refractivity contribution in [1.29, 1.82) is 0 Å². The Morgan fingerprint density at radius 1 is 1.06 bits per heavy atom. The molecule has 0 bridgehead atoms. The highest BCUT2D eigenvalue weighted by Crippen LogP contribution is 2.19. The maximum absolute atomic E-state index is 12.0. The highest BCUT2D eigenvalue weighted by molar-refractivity contribution is 5.78. The fourth-order valence-corrected chi connectivity index (χ4v) is 2.71. The zero-order valence-electron chi connectivity index (χ0n) is 11.6. The summed E-state index contributed by atoms with van der Waals surface area (Å²) in [5.74, 6) is 0.475. The number of nitrogens with one attached hydrogen (secondary N) is 2. The van der Waals surface area contributed by atoms with E-state index in [2.05, 4.69) is 31.4 Å². The first-order chi connectivity index (χ1) is 8.21. The fourth-order valence-electron chi connectivity index (χ4n) is 2.71. The average molecular weight is 240 g/mol. The van der Waals surface area contributed by atoms with E-state index in [-0.39, 0.29) is 11.8 Å². The van der Waals surface area contributed by atoms with Crippen LogP contribution in [0, 0.1) is 5.92 Å². The summed E-state index contributed by atoms with van der Waals surface area (Å²) in [4.78, 5) is 12.0. The van der Waals surface area contributed by atoms with Crippen LogP contribution in [0.1, 0.15) is 59.3 Å². The van der Waals surface area contributed by atoms with Gasteiger partial charge in [0.2, 0.25) is 5.91 Å². The minimum atomic E-state index is 0.210. The molecule has 0 spiro atoms. The van der Waals surface area contributed by atoms with Gasteiger partial charge in [0.05, 0.1) is 0 Å². The highest BCUT2D eigenvalue weighted by Gasteiger charge is 2.23. The van der Waals surface area contributed by atoms with Crippen LogP contribution in [0.15, 0.2) is 0 Å². The summed E-state index contributed by atoms with van der Waals surface area (Å²) in [5.41, 5.74) is 0. The van der Waals surface area contributed by atoms with Gasteiger partial charge in [-0.05, 0) is 45.1 Å². The van der Waals surface area contributed by atoms with Gasteiger partial charge in [-0.2, -0.15) is 0 Å². The lowest BCUT2D eigenvalue weighted by Crippen LogP contribution is -2.43. The van der Waals surface area contributed by atoms with Crippen LogP contribution < -0.4 is 10.6 Å². The van der Waals surface area contributed by atoms with Gasteiger partial charge in [0.1, 0.15) is 0 Å². The molecule has 0 aromatic heterocycles. The van der Waals surface area contributed by atoms with Gasteiger partial charge in [-0.1, -0.05) is 20.8 Å². The van der Waals surface area contributed by atoms with Gasteiger partial charge in [0.25, 0.3) is 0 Å². The molecule has 100 valence electrons. The van der Waals surface area contributed by atoms with Gasteiger partial charge in [0, 0.05) is 18.0 Å². The van der Waals surface area contributed by atoms with E-state index in [4.69, 9.17) is 0 Å². The van der Waals surface area contributed by atoms with Crippen LogP contribution in [0.4, 0.5) is 0 Å². The largest absolute Gasteiger partial charge is 0.353 e. The van der Waals surface area contributed by atoms with Gasteiger partial charge in [-0.15, -0.1) is 0 Å². The van der Waals surface area contributed by atoms with Gasteiger partial charge < -0.3 is 10.6 Å². The Balaban J connectivity index is 2.27. The predicted octanol–water partition coefficient (Wildman–Crippen LogP) is 2.46. The van der Waals surface area contributed by atoms with Crippen LogP contribution >= 0.6 is 0 Å². The van der Waals surface area contributed by atoms with Crippen molar-refractivity contribution in [3.63, 3.8) is 0 Å². The normalized spacial score (nSPS) is 24.9. The van der Waals surface area contributed by atoms with Crippen molar-refractivity contribution in [3.8, 4) is 0 Å². The average Bonchev–Trinajstić information content (AvgIpc) is 2.33. The Bertz CT molecular complexity index is 218. The van der Waals surface area contributed by atoms with Crippen molar-refractivity contribution in [2.45, 2.75) is 71.4 Å². The summed E-state index contributed by atoms with van der Waals surface area (Å²) in [6.07, 6.45) is 6.56. The summed E-state index contributed by atoms with van der Waals surface area (Å²) in [5, 5.41) is 6.71. The number of carbonyl (C=O) groups excluding carboxylic acids is 1. The molecule has 1 aliphatic carbocycles. The number of carbonyl (C=O) groups is 1. The minimum Gasteiger partial charge on any atom is -0.353 e. The Morgan fingerprint density at radius 3 is 2.06 bits per heavy atom. The van der Waals surface area contributed by atoms with Gasteiger partial charge in [-0.3, -0.25) is 4.79 Å². The third kappa shape index (κ3) is 4.66. The minimum absolute atomic E-state index is 0.210. The van der Waals surface area contributed by atoms with E-state index in [1.165, 1.54) is 12.8 Å². The smallest absolute Gasteiger partial charge is 0.223 e. The molecule has 0 aliphatic heterocycles. The van der Waals surface area contributed by atoms with Crippen molar-refractivity contribution in [3.05, 3.63) is 0 Å². The lowest BCUT2D eigenvalue weighted by molar-refractivity contribution is -0.126. The predicted molar refractivity (Wildman–Crippen MR) is 71.9 cm³/mol. The van der Waals surface area contributed by atoms with Crippen LogP contribution in [-0.4, -0.2) is 24.5 Å². The van der Waals surface area contributed by atoms with Crippen LogP contribution in [-0.2, 0) is 4.79 Å². The zero-order valence-corrected chi connectivity index (χ0v) is 11.6. The van der Waals surface area contributed by atoms with E-state index in [1.54, 1.807) is 0 Å². The molecule has 3 nitrogen and oxygen atoms in total. The monoisotopic (exact) mass is 240 g/mol. The molecule has 0 aromatic carbocycles. The maximum Gasteiger partial charge on any atom is 0.223 e. The van der Waals surface area contributed by atoms with E-state index < -0.39 is 0 Å². The highest BCUT2D eigenvalue weighted by atomic mass is 16.1. The topological polar surface area (TPSA) is 41.1 Å². The Hall–Kier alpha value is -0.570. The zero-order chi connectivity index (χ0) is 12.7. The summed E-state index contributed by atoms with van der Waals surface area (Å²) < 4.78 is 0. The molecule has 1 saturated carbocycles. The molecular formula is C14H28N2O. The summed E-state index contributed by atoms with van der Waals surface area (Å²) in [6.45, 7) is 7.39. The molecule has 1 rings (SSSR count). The first kappa shape index (κ1) is 14.5. The maximum atomic E-state index is 12.0. The number of rotatable bonds is 6. The molecular weight excluding hydrogens is 212 g/mol. The molecule has 2 N–H and O–H groups in total. The number of hydrogen-bond acceptors (Lipinski definition) is 2. The fraction of sp³-hybridized carbons (Fsp3) is 0.929. The van der Waals surface area contributed by atoms with Gasteiger partial charge >= 0.3 is 0 Å². The van der Waals surface area contributed by atoms with Gasteiger partial charge in [0.15, 0.2) is 0 Å². The Morgan fingerprint density at radius 2 is 1.59 bits per heavy atom. The summed E-state index contributed by atoms with van der Waals surface area (Å²) in [6, 6.07) is 1.08. The van der Waals surface area contributed by atoms with Crippen LogP contribution in [0.3, 0.4) is 0 Å². The van der Waals surface area contributed by atoms with Crippen molar-refractivity contribution < 1.29 is 4.79 Å². The first-order valence-corrected chi connectivity index (χ1v) is 7.24. The van der Waals surface area contributed by atoms with Crippen molar-refractivity contribution in [2.75, 3.05) is 6.54 Å². The van der Waals surface area contributed by atoms with Crippen molar-refractivity contribution >= 4 is 5.91 Å². The molecule has 0 heterocycles. The van der Waals surface area contributed by atoms with E-state index in [0.717, 1.165) is 32.2 Å². The number of amides is 1. The first-order valence-electron chi connectivity index (χ1n) is 7.24. The third-order valence-corrected chi connectivity index (χ3v) is 3.92. The number of hydrogen-bond donors (Lipinski definition) is 2. The second kappa shape index (κ2) is 7.70. The van der Waals surface area contributed by atoms with E-state index in [1.807, 2.05) is 0 Å².